The SMILES string of the molecule is CSCCC(NC(=O)c1csc(-c2cccs2)n1)c1nnc2ccccn12. The van der Waals surface area contributed by atoms with Gasteiger partial charge in [0.05, 0.1) is 10.9 Å². The maximum Gasteiger partial charge on any atom is 0.271 e. The molecule has 27 heavy (non-hydrogen) atoms. The molecule has 0 saturated carbocycles. The van der Waals surface area contributed by atoms with E-state index in [1.807, 2.05) is 46.3 Å². The van der Waals surface area contributed by atoms with Gasteiger partial charge >= 0.3 is 0 Å². The summed E-state index contributed by atoms with van der Waals surface area (Å²) in [6.45, 7) is 0. The van der Waals surface area contributed by atoms with Crippen LogP contribution in [0, 0.1) is 0 Å². The molecule has 4 heterocycles. The summed E-state index contributed by atoms with van der Waals surface area (Å²) in [4.78, 5) is 18.4. The van der Waals surface area contributed by atoms with Crippen LogP contribution in [0.3, 0.4) is 0 Å². The van der Waals surface area contributed by atoms with Crippen LogP contribution in [0.2, 0.25) is 0 Å². The molecule has 4 aromatic heterocycles. The lowest BCUT2D eigenvalue weighted by Gasteiger charge is -2.16. The number of rotatable bonds is 7. The number of thiazole rings is 1. The lowest BCUT2D eigenvalue weighted by molar-refractivity contribution is 0.0929. The van der Waals surface area contributed by atoms with Crippen LogP contribution < -0.4 is 5.32 Å². The molecule has 1 atom stereocenters. The van der Waals surface area contributed by atoms with Gasteiger partial charge in [0.1, 0.15) is 10.7 Å². The van der Waals surface area contributed by atoms with Crippen molar-refractivity contribution < 1.29 is 4.79 Å². The summed E-state index contributed by atoms with van der Waals surface area (Å²) < 4.78 is 1.92. The molecular weight excluding hydrogens is 398 g/mol. The Morgan fingerprint density at radius 1 is 1.26 bits per heavy atom. The number of nitrogens with zero attached hydrogens (tertiary/aromatic N) is 4. The van der Waals surface area contributed by atoms with Crippen molar-refractivity contribution in [3.05, 3.63) is 58.8 Å². The highest BCUT2D eigenvalue weighted by atomic mass is 32.2. The van der Waals surface area contributed by atoms with Crippen LogP contribution in [-0.2, 0) is 0 Å². The largest absolute Gasteiger partial charge is 0.341 e. The molecule has 4 aromatic rings. The van der Waals surface area contributed by atoms with Crippen LogP contribution in [0.15, 0.2) is 47.3 Å². The van der Waals surface area contributed by atoms with Crippen molar-refractivity contribution in [1.82, 2.24) is 24.9 Å². The van der Waals surface area contributed by atoms with Crippen molar-refractivity contribution in [3.8, 4) is 9.88 Å². The van der Waals surface area contributed by atoms with Crippen molar-refractivity contribution in [2.24, 2.45) is 0 Å². The first kappa shape index (κ1) is 18.1. The molecule has 0 saturated heterocycles. The van der Waals surface area contributed by atoms with E-state index in [2.05, 4.69) is 26.8 Å². The van der Waals surface area contributed by atoms with Crippen LogP contribution in [0.1, 0.15) is 28.8 Å². The van der Waals surface area contributed by atoms with Gasteiger partial charge in [-0.2, -0.15) is 11.8 Å². The lowest BCUT2D eigenvalue weighted by Crippen LogP contribution is -2.30. The molecular formula is C18H17N5OS3. The topological polar surface area (TPSA) is 72.2 Å². The monoisotopic (exact) mass is 415 g/mol. The van der Waals surface area contributed by atoms with E-state index in [9.17, 15) is 4.79 Å². The Labute approximate surface area is 168 Å². The third kappa shape index (κ3) is 3.90. The average molecular weight is 416 g/mol. The van der Waals surface area contributed by atoms with E-state index >= 15 is 0 Å². The number of thioether (sulfide) groups is 1. The first-order chi connectivity index (χ1) is 13.3. The smallest absolute Gasteiger partial charge is 0.271 e. The summed E-state index contributed by atoms with van der Waals surface area (Å²) in [7, 11) is 0. The average Bonchev–Trinajstić information content (AvgIpc) is 3.44. The summed E-state index contributed by atoms with van der Waals surface area (Å²) in [5, 5.41) is 16.3. The highest BCUT2D eigenvalue weighted by Crippen LogP contribution is 2.28. The number of carbonyl (C=O) groups excluding carboxylic acids is 1. The lowest BCUT2D eigenvalue weighted by atomic mass is 10.2. The van der Waals surface area contributed by atoms with E-state index in [0.29, 0.717) is 5.69 Å². The van der Waals surface area contributed by atoms with Crippen molar-refractivity contribution in [1.29, 1.82) is 0 Å². The highest BCUT2D eigenvalue weighted by Gasteiger charge is 2.22. The Balaban J connectivity index is 1.57. The zero-order valence-electron chi connectivity index (χ0n) is 14.5. The number of fused-ring (bicyclic) bond motifs is 1. The molecule has 0 radical (unpaired) electrons. The maximum atomic E-state index is 12.8. The number of amides is 1. The van der Waals surface area contributed by atoms with Gasteiger partial charge in [-0.25, -0.2) is 4.98 Å². The summed E-state index contributed by atoms with van der Waals surface area (Å²) in [6.07, 6.45) is 4.74. The van der Waals surface area contributed by atoms with Crippen LogP contribution >= 0.6 is 34.4 Å². The predicted octanol–water partition coefficient (Wildman–Crippen LogP) is 4.14. The van der Waals surface area contributed by atoms with Gasteiger partial charge in [0, 0.05) is 11.6 Å². The second-order valence-electron chi connectivity index (χ2n) is 5.81. The molecule has 4 rings (SSSR count). The molecule has 0 aliphatic heterocycles. The van der Waals surface area contributed by atoms with Crippen molar-refractivity contribution in [3.63, 3.8) is 0 Å². The second-order valence-corrected chi connectivity index (χ2v) is 8.60. The summed E-state index contributed by atoms with van der Waals surface area (Å²) >= 11 is 4.84. The van der Waals surface area contributed by atoms with E-state index in [4.69, 9.17) is 0 Å². The van der Waals surface area contributed by atoms with Gasteiger partial charge in [-0.3, -0.25) is 9.20 Å². The zero-order chi connectivity index (χ0) is 18.6. The van der Waals surface area contributed by atoms with E-state index in [1.165, 1.54) is 11.3 Å². The number of hydrogen-bond donors (Lipinski definition) is 1. The third-order valence-electron chi connectivity index (χ3n) is 4.04. The number of aromatic nitrogens is 4. The van der Waals surface area contributed by atoms with Crippen LogP contribution in [0.4, 0.5) is 0 Å². The molecule has 6 nitrogen and oxygen atoms in total. The molecule has 0 bridgehead atoms. The molecule has 0 fully saturated rings. The Hall–Kier alpha value is -2.23. The molecule has 0 aliphatic rings. The first-order valence-electron chi connectivity index (χ1n) is 8.35. The Morgan fingerprint density at radius 3 is 3.00 bits per heavy atom. The van der Waals surface area contributed by atoms with E-state index in [-0.39, 0.29) is 11.9 Å². The number of hydrogen-bond acceptors (Lipinski definition) is 7. The minimum atomic E-state index is -0.228. The molecule has 0 spiro atoms. The molecule has 1 unspecified atom stereocenters. The second kappa shape index (κ2) is 8.20. The molecule has 1 amide bonds. The van der Waals surface area contributed by atoms with Crippen LogP contribution in [0.5, 0.6) is 0 Å². The summed E-state index contributed by atoms with van der Waals surface area (Å²) in [5.74, 6) is 1.46. The fourth-order valence-electron chi connectivity index (χ4n) is 2.72. The quantitative estimate of drug-likeness (QED) is 0.491. The number of thiophene rings is 1. The van der Waals surface area contributed by atoms with Gasteiger partial charge in [0.15, 0.2) is 11.5 Å². The van der Waals surface area contributed by atoms with Crippen molar-refractivity contribution >= 4 is 46.0 Å². The standard InChI is InChI=1S/C18H17N5OS3/c1-25-10-7-12(16-22-21-15-6-2-3-8-23(15)16)19-17(24)13-11-27-18(20-13)14-5-4-9-26-14/h2-6,8-9,11-12H,7,10H2,1H3,(H,19,24). The van der Waals surface area contributed by atoms with Gasteiger partial charge in [0.2, 0.25) is 0 Å². The normalized spacial score (nSPS) is 12.3. The fraction of sp³-hybridized carbons (Fsp3) is 0.222. The Kier molecular flexibility index (Phi) is 5.51. The minimum Gasteiger partial charge on any atom is -0.341 e. The summed E-state index contributed by atoms with van der Waals surface area (Å²) in [5.41, 5.74) is 1.20. The van der Waals surface area contributed by atoms with Crippen molar-refractivity contribution in [2.45, 2.75) is 12.5 Å². The number of nitrogens with one attached hydrogen (secondary N) is 1. The fourth-order valence-corrected chi connectivity index (χ4v) is 4.81. The van der Waals surface area contributed by atoms with E-state index < -0.39 is 0 Å². The van der Waals surface area contributed by atoms with Gasteiger partial charge < -0.3 is 5.32 Å². The predicted molar refractivity (Wildman–Crippen MR) is 112 cm³/mol. The molecule has 138 valence electrons. The highest BCUT2D eigenvalue weighted by molar-refractivity contribution is 7.98. The van der Waals surface area contributed by atoms with Crippen LogP contribution in [-0.4, -0.2) is 37.5 Å². The zero-order valence-corrected chi connectivity index (χ0v) is 17.0. The molecule has 1 N–H and O–H groups in total. The molecule has 0 aliphatic carbocycles. The van der Waals surface area contributed by atoms with Crippen LogP contribution in [0.25, 0.3) is 15.5 Å². The number of pyridine rings is 1. The Morgan fingerprint density at radius 2 is 2.19 bits per heavy atom. The van der Waals surface area contributed by atoms with Crippen molar-refractivity contribution in [2.75, 3.05) is 12.0 Å². The minimum absolute atomic E-state index is 0.187. The van der Waals surface area contributed by atoms with Gasteiger partial charge in [-0.05, 0) is 42.0 Å². The molecule has 0 aromatic carbocycles. The third-order valence-corrected chi connectivity index (χ3v) is 6.56. The first-order valence-corrected chi connectivity index (χ1v) is 11.5. The number of carbonyl (C=O) groups is 1. The van der Waals surface area contributed by atoms with Gasteiger partial charge in [-0.1, -0.05) is 12.1 Å². The van der Waals surface area contributed by atoms with E-state index in [1.54, 1.807) is 28.5 Å². The van der Waals surface area contributed by atoms with E-state index in [0.717, 1.165) is 33.5 Å². The maximum absolute atomic E-state index is 12.8. The van der Waals surface area contributed by atoms with Gasteiger partial charge in [-0.15, -0.1) is 32.9 Å². The Bertz CT molecular complexity index is 1040. The van der Waals surface area contributed by atoms with Gasteiger partial charge in [0.25, 0.3) is 5.91 Å². The summed E-state index contributed by atoms with van der Waals surface area (Å²) in [6, 6.07) is 9.52. The molecule has 9 heteroatoms.